The highest BCUT2D eigenvalue weighted by molar-refractivity contribution is 7.71. The van der Waals surface area contributed by atoms with Gasteiger partial charge in [0.2, 0.25) is 0 Å². The minimum absolute atomic E-state index is 0.000904. The lowest BCUT2D eigenvalue weighted by Crippen LogP contribution is -2.26. The molecule has 0 saturated heterocycles. The molecule has 2 aromatic rings. The smallest absolute Gasteiger partial charge is 0.272 e. The van der Waals surface area contributed by atoms with Gasteiger partial charge in [0, 0.05) is 36.2 Å². The molecule has 0 aliphatic rings. The zero-order chi connectivity index (χ0) is 17.9. The number of H-pyrrole nitrogens is 1. The van der Waals surface area contributed by atoms with Crippen LogP contribution in [0.3, 0.4) is 0 Å². The van der Waals surface area contributed by atoms with E-state index in [9.17, 15) is 14.9 Å². The van der Waals surface area contributed by atoms with Crippen molar-refractivity contribution in [1.82, 2.24) is 20.1 Å². The van der Waals surface area contributed by atoms with E-state index in [4.69, 9.17) is 12.2 Å². The van der Waals surface area contributed by atoms with Crippen molar-refractivity contribution < 1.29 is 9.72 Å². The first-order valence-electron chi connectivity index (χ1n) is 7.50. The van der Waals surface area contributed by atoms with Gasteiger partial charge in [-0.2, -0.15) is 5.10 Å². The van der Waals surface area contributed by atoms with Crippen LogP contribution in [0.1, 0.15) is 41.6 Å². The molecule has 0 bridgehead atoms. The van der Waals surface area contributed by atoms with Gasteiger partial charge in [0.05, 0.1) is 4.92 Å². The van der Waals surface area contributed by atoms with E-state index >= 15 is 0 Å². The largest absolute Gasteiger partial charge is 0.352 e. The van der Waals surface area contributed by atoms with Crippen LogP contribution in [0, 0.1) is 21.8 Å². The van der Waals surface area contributed by atoms with Gasteiger partial charge in [0.1, 0.15) is 5.82 Å². The third-order valence-electron chi connectivity index (χ3n) is 3.58. The van der Waals surface area contributed by atoms with Gasteiger partial charge < -0.3 is 9.88 Å². The lowest BCUT2D eigenvalue weighted by molar-refractivity contribution is -0.385. The van der Waals surface area contributed by atoms with Gasteiger partial charge in [-0.15, -0.1) is 0 Å². The summed E-state index contributed by atoms with van der Waals surface area (Å²) in [6, 6.07) is 4.48. The summed E-state index contributed by atoms with van der Waals surface area (Å²) in [6.07, 6.45) is 0.531. The van der Waals surface area contributed by atoms with E-state index in [1.54, 1.807) is 6.92 Å². The Labute approximate surface area is 144 Å². The van der Waals surface area contributed by atoms with Gasteiger partial charge in [0.15, 0.2) is 4.77 Å². The Hall–Kier alpha value is -2.55. The summed E-state index contributed by atoms with van der Waals surface area (Å²) in [7, 11) is 0. The van der Waals surface area contributed by atoms with Crippen LogP contribution >= 0.6 is 12.2 Å². The number of nitrogens with one attached hydrogen (secondary N) is 2. The Balaban J connectivity index is 2.00. The molecular formula is C15H19N5O3S. The second-order valence-corrected chi connectivity index (χ2v) is 6.06. The SMILES string of the molecule is Cc1cc(C(=O)NCCc2n[nH]c(=S)n2C(C)C)ccc1[N+](=O)[O-]. The second kappa shape index (κ2) is 7.35. The number of carbonyl (C=O) groups is 1. The van der Waals surface area contributed by atoms with Crippen molar-refractivity contribution in [2.75, 3.05) is 6.54 Å². The number of carbonyl (C=O) groups excluding carboxylic acids is 1. The summed E-state index contributed by atoms with van der Waals surface area (Å²) < 4.78 is 2.45. The number of aromatic amines is 1. The highest BCUT2D eigenvalue weighted by Gasteiger charge is 2.14. The van der Waals surface area contributed by atoms with Gasteiger partial charge in [0.25, 0.3) is 11.6 Å². The number of amides is 1. The Morgan fingerprint density at radius 1 is 1.50 bits per heavy atom. The lowest BCUT2D eigenvalue weighted by atomic mass is 10.1. The Kier molecular flexibility index (Phi) is 5.45. The highest BCUT2D eigenvalue weighted by Crippen LogP contribution is 2.18. The maximum atomic E-state index is 12.2. The van der Waals surface area contributed by atoms with Gasteiger partial charge in [-0.05, 0) is 45.1 Å². The normalized spacial score (nSPS) is 10.8. The van der Waals surface area contributed by atoms with Crippen molar-refractivity contribution in [2.24, 2.45) is 0 Å². The molecule has 24 heavy (non-hydrogen) atoms. The monoisotopic (exact) mass is 349 g/mol. The quantitative estimate of drug-likeness (QED) is 0.474. The van der Waals surface area contributed by atoms with E-state index in [1.807, 2.05) is 18.4 Å². The number of aromatic nitrogens is 3. The Bertz CT molecular complexity index is 825. The predicted octanol–water partition coefficient (Wildman–Crippen LogP) is 2.71. The van der Waals surface area contributed by atoms with Gasteiger partial charge in [-0.3, -0.25) is 20.0 Å². The molecule has 0 radical (unpaired) electrons. The first kappa shape index (κ1) is 17.8. The van der Waals surface area contributed by atoms with E-state index in [-0.39, 0.29) is 17.6 Å². The summed E-state index contributed by atoms with van der Waals surface area (Å²) in [5, 5.41) is 20.5. The van der Waals surface area contributed by atoms with Crippen LogP contribution in [-0.4, -0.2) is 32.1 Å². The van der Waals surface area contributed by atoms with Crippen LogP contribution in [0.15, 0.2) is 18.2 Å². The number of nitro benzene ring substituents is 1. The van der Waals surface area contributed by atoms with Crippen molar-refractivity contribution >= 4 is 23.8 Å². The molecule has 2 rings (SSSR count). The molecule has 9 heteroatoms. The van der Waals surface area contributed by atoms with Crippen LogP contribution in [0.5, 0.6) is 0 Å². The minimum atomic E-state index is -0.467. The molecule has 2 N–H and O–H groups in total. The standard InChI is InChI=1S/C15H19N5O3S/c1-9(2)19-13(17-18-15(19)24)6-7-16-14(21)11-4-5-12(20(22)23)10(3)8-11/h4-5,8-9H,6-7H2,1-3H3,(H,16,21)(H,18,24). The summed E-state index contributed by atoms with van der Waals surface area (Å²) in [4.78, 5) is 22.5. The topological polar surface area (TPSA) is 106 Å². The third-order valence-corrected chi connectivity index (χ3v) is 3.87. The van der Waals surface area contributed by atoms with Crippen LogP contribution in [0.4, 0.5) is 5.69 Å². The number of hydrogen-bond acceptors (Lipinski definition) is 5. The first-order chi connectivity index (χ1) is 11.3. The molecule has 1 amide bonds. The highest BCUT2D eigenvalue weighted by atomic mass is 32.1. The maximum absolute atomic E-state index is 12.2. The minimum Gasteiger partial charge on any atom is -0.352 e. The molecule has 0 aliphatic heterocycles. The molecule has 1 aromatic heterocycles. The van der Waals surface area contributed by atoms with Crippen LogP contribution in [-0.2, 0) is 6.42 Å². The molecule has 0 saturated carbocycles. The van der Waals surface area contributed by atoms with E-state index < -0.39 is 4.92 Å². The predicted molar refractivity (Wildman–Crippen MR) is 91.7 cm³/mol. The fourth-order valence-corrected chi connectivity index (χ4v) is 2.80. The molecule has 0 aliphatic carbocycles. The molecule has 0 spiro atoms. The average Bonchev–Trinajstić information content (AvgIpc) is 2.87. The molecule has 1 aromatic carbocycles. The lowest BCUT2D eigenvalue weighted by Gasteiger charge is -2.10. The maximum Gasteiger partial charge on any atom is 0.272 e. The van der Waals surface area contributed by atoms with Gasteiger partial charge in [-0.1, -0.05) is 0 Å². The van der Waals surface area contributed by atoms with Crippen LogP contribution in [0.25, 0.3) is 0 Å². The Morgan fingerprint density at radius 2 is 2.21 bits per heavy atom. The number of nitrogens with zero attached hydrogens (tertiary/aromatic N) is 3. The third kappa shape index (κ3) is 3.85. The molecule has 0 unspecified atom stereocenters. The van der Waals surface area contributed by atoms with E-state index in [1.165, 1.54) is 18.2 Å². The van der Waals surface area contributed by atoms with Crippen molar-refractivity contribution in [3.63, 3.8) is 0 Å². The molecule has 0 fully saturated rings. The number of benzene rings is 1. The van der Waals surface area contributed by atoms with Crippen LogP contribution in [0.2, 0.25) is 0 Å². The zero-order valence-electron chi connectivity index (χ0n) is 13.7. The number of rotatable bonds is 6. The van der Waals surface area contributed by atoms with E-state index in [0.29, 0.717) is 28.9 Å². The summed E-state index contributed by atoms with van der Waals surface area (Å²) in [5.74, 6) is 0.494. The zero-order valence-corrected chi connectivity index (χ0v) is 14.5. The fraction of sp³-hybridized carbons (Fsp3) is 0.400. The first-order valence-corrected chi connectivity index (χ1v) is 7.91. The molecule has 1 heterocycles. The fourth-order valence-electron chi connectivity index (χ4n) is 2.44. The number of aryl methyl sites for hydroxylation is 1. The molecule has 0 atom stereocenters. The number of hydrogen-bond donors (Lipinski definition) is 2. The van der Waals surface area contributed by atoms with E-state index in [0.717, 1.165) is 5.82 Å². The molecular weight excluding hydrogens is 330 g/mol. The Morgan fingerprint density at radius 3 is 2.79 bits per heavy atom. The van der Waals surface area contributed by atoms with Crippen molar-refractivity contribution in [2.45, 2.75) is 33.2 Å². The summed E-state index contributed by atoms with van der Waals surface area (Å²) in [6.45, 7) is 6.01. The van der Waals surface area contributed by atoms with E-state index in [2.05, 4.69) is 15.5 Å². The molecule has 8 nitrogen and oxygen atoms in total. The summed E-state index contributed by atoms with van der Waals surface area (Å²) >= 11 is 5.18. The second-order valence-electron chi connectivity index (χ2n) is 5.67. The van der Waals surface area contributed by atoms with Gasteiger partial charge >= 0.3 is 0 Å². The number of nitro groups is 1. The van der Waals surface area contributed by atoms with Crippen molar-refractivity contribution in [3.05, 3.63) is 50.0 Å². The average molecular weight is 349 g/mol. The van der Waals surface area contributed by atoms with Gasteiger partial charge in [-0.25, -0.2) is 0 Å². The van der Waals surface area contributed by atoms with Crippen molar-refractivity contribution in [3.8, 4) is 0 Å². The molecule has 128 valence electrons. The van der Waals surface area contributed by atoms with Crippen LogP contribution < -0.4 is 5.32 Å². The summed E-state index contributed by atoms with van der Waals surface area (Å²) in [5.41, 5.74) is 0.841. The van der Waals surface area contributed by atoms with Crippen molar-refractivity contribution in [1.29, 1.82) is 0 Å².